The highest BCUT2D eigenvalue weighted by Gasteiger charge is 2.19. The smallest absolute Gasteiger partial charge is 0.422 e. The SMILES string of the molecule is O[B-](O)(O)c1cnccn1. The quantitative estimate of drug-likeness (QED) is 0.379. The molecule has 10 heavy (non-hydrogen) atoms. The minimum Gasteiger partial charge on any atom is -0.555 e. The topological polar surface area (TPSA) is 86.5 Å². The van der Waals surface area contributed by atoms with Crippen LogP contribution >= 0.6 is 0 Å². The molecule has 0 atom stereocenters. The van der Waals surface area contributed by atoms with Gasteiger partial charge in [0.25, 0.3) is 0 Å². The Morgan fingerprint density at radius 1 is 1.20 bits per heavy atom. The largest absolute Gasteiger partial charge is 0.555 e. The van der Waals surface area contributed by atoms with E-state index in [2.05, 4.69) is 9.97 Å². The van der Waals surface area contributed by atoms with Gasteiger partial charge in [-0.1, -0.05) is 0 Å². The molecule has 0 unspecified atom stereocenters. The summed E-state index contributed by atoms with van der Waals surface area (Å²) in [6.07, 6.45) is 3.71. The van der Waals surface area contributed by atoms with Crippen LogP contribution in [0.5, 0.6) is 0 Å². The van der Waals surface area contributed by atoms with Gasteiger partial charge in [-0.25, -0.2) is 0 Å². The third kappa shape index (κ3) is 1.50. The third-order valence-corrected chi connectivity index (χ3v) is 0.980. The van der Waals surface area contributed by atoms with Gasteiger partial charge >= 0.3 is 6.75 Å². The second-order valence-electron chi connectivity index (χ2n) is 1.86. The Morgan fingerprint density at radius 2 is 1.90 bits per heavy atom. The maximum Gasteiger partial charge on any atom is 0.422 e. The van der Waals surface area contributed by atoms with Crippen molar-refractivity contribution >= 4 is 12.3 Å². The Bertz CT molecular complexity index is 209. The van der Waals surface area contributed by atoms with Crippen molar-refractivity contribution in [3.63, 3.8) is 0 Å². The van der Waals surface area contributed by atoms with E-state index in [-0.39, 0.29) is 5.59 Å². The van der Waals surface area contributed by atoms with E-state index in [4.69, 9.17) is 15.1 Å². The Balaban J connectivity index is 2.97. The lowest BCUT2D eigenvalue weighted by atomic mass is 9.76. The molecule has 5 nitrogen and oxygen atoms in total. The summed E-state index contributed by atoms with van der Waals surface area (Å²) < 4.78 is 0. The van der Waals surface area contributed by atoms with Crippen LogP contribution in [0.25, 0.3) is 0 Å². The summed E-state index contributed by atoms with van der Waals surface area (Å²) in [5.41, 5.74) is -0.234. The van der Waals surface area contributed by atoms with Crippen molar-refractivity contribution in [3.05, 3.63) is 18.6 Å². The van der Waals surface area contributed by atoms with Crippen LogP contribution in [0.1, 0.15) is 0 Å². The Morgan fingerprint density at radius 3 is 2.20 bits per heavy atom. The van der Waals surface area contributed by atoms with Crippen LogP contribution in [0.2, 0.25) is 0 Å². The van der Waals surface area contributed by atoms with Gasteiger partial charge in [0.1, 0.15) is 0 Å². The monoisotopic (exact) mass is 141 g/mol. The molecule has 0 bridgehead atoms. The Kier molecular flexibility index (Phi) is 1.67. The molecule has 0 amide bonds. The van der Waals surface area contributed by atoms with Crippen LogP contribution in [0.4, 0.5) is 0 Å². The van der Waals surface area contributed by atoms with E-state index in [0.717, 1.165) is 6.20 Å². The maximum atomic E-state index is 8.56. The van der Waals surface area contributed by atoms with Crippen LogP contribution in [0, 0.1) is 0 Å². The van der Waals surface area contributed by atoms with Crippen LogP contribution in [0.15, 0.2) is 18.6 Å². The average Bonchev–Trinajstić information content (AvgIpc) is 1.88. The van der Waals surface area contributed by atoms with Gasteiger partial charge in [-0.05, 0) is 5.59 Å². The van der Waals surface area contributed by atoms with Crippen LogP contribution in [-0.4, -0.2) is 31.8 Å². The molecule has 0 aliphatic rings. The van der Waals surface area contributed by atoms with Crippen molar-refractivity contribution in [2.24, 2.45) is 0 Å². The summed E-state index contributed by atoms with van der Waals surface area (Å²) in [6.45, 7) is -3.48. The van der Waals surface area contributed by atoms with Gasteiger partial charge < -0.3 is 15.1 Å². The second-order valence-corrected chi connectivity index (χ2v) is 1.86. The van der Waals surface area contributed by atoms with Crippen LogP contribution in [-0.2, 0) is 0 Å². The Hall–Kier alpha value is -0.975. The molecular weight excluding hydrogens is 135 g/mol. The van der Waals surface area contributed by atoms with Crippen molar-refractivity contribution in [2.75, 3.05) is 0 Å². The van der Waals surface area contributed by atoms with Crippen molar-refractivity contribution in [1.82, 2.24) is 9.97 Å². The summed E-state index contributed by atoms with van der Waals surface area (Å²) in [4.78, 5) is 6.99. The molecule has 0 radical (unpaired) electrons. The molecule has 1 heterocycles. The molecule has 0 aliphatic heterocycles. The molecule has 0 spiro atoms. The second kappa shape index (κ2) is 2.33. The predicted octanol–water partition coefficient (Wildman–Crippen LogP) is -2.40. The normalized spacial score (nSPS) is 11.5. The molecule has 3 N–H and O–H groups in total. The van der Waals surface area contributed by atoms with Gasteiger partial charge in [-0.2, -0.15) is 0 Å². The molecule has 1 aromatic heterocycles. The molecule has 54 valence electrons. The zero-order valence-corrected chi connectivity index (χ0v) is 5.05. The first-order chi connectivity index (χ1) is 4.61. The van der Waals surface area contributed by atoms with E-state index in [1.54, 1.807) is 0 Å². The highest BCUT2D eigenvalue weighted by molar-refractivity contribution is 6.70. The number of aromatic nitrogens is 2. The van der Waals surface area contributed by atoms with Crippen LogP contribution in [0.3, 0.4) is 0 Å². The molecule has 0 saturated heterocycles. The summed E-state index contributed by atoms with van der Waals surface area (Å²) in [7, 11) is 0. The molecule has 1 aromatic rings. The minimum absolute atomic E-state index is 0.234. The zero-order valence-electron chi connectivity index (χ0n) is 5.05. The minimum atomic E-state index is -3.48. The standard InChI is InChI=1S/C4H6BN2O3/c8-5(9,10)4-3-6-1-2-7-4/h1-3,8-10H/q-1. The number of nitrogens with zero attached hydrogens (tertiary/aromatic N) is 2. The fourth-order valence-electron chi connectivity index (χ4n) is 0.511. The van der Waals surface area contributed by atoms with E-state index in [0.29, 0.717) is 0 Å². The highest BCUT2D eigenvalue weighted by atomic mass is 16.5. The van der Waals surface area contributed by atoms with Crippen LogP contribution < -0.4 is 5.59 Å². The fourth-order valence-corrected chi connectivity index (χ4v) is 0.511. The van der Waals surface area contributed by atoms with Crippen molar-refractivity contribution in [3.8, 4) is 0 Å². The first kappa shape index (κ1) is 7.14. The maximum absolute atomic E-state index is 8.56. The number of hydrogen-bond acceptors (Lipinski definition) is 5. The first-order valence-corrected chi connectivity index (χ1v) is 2.68. The first-order valence-electron chi connectivity index (χ1n) is 2.68. The molecule has 6 heteroatoms. The lowest BCUT2D eigenvalue weighted by Gasteiger charge is -2.18. The van der Waals surface area contributed by atoms with E-state index < -0.39 is 6.75 Å². The van der Waals surface area contributed by atoms with E-state index in [1.807, 2.05) is 0 Å². The Labute approximate surface area is 57.0 Å². The van der Waals surface area contributed by atoms with Gasteiger partial charge in [-0.3, -0.25) is 9.97 Å². The number of rotatable bonds is 1. The van der Waals surface area contributed by atoms with Crippen molar-refractivity contribution in [2.45, 2.75) is 0 Å². The zero-order chi connectivity index (χ0) is 7.61. The van der Waals surface area contributed by atoms with Gasteiger partial charge in [0, 0.05) is 18.6 Å². The predicted molar refractivity (Wildman–Crippen MR) is 34.1 cm³/mol. The van der Waals surface area contributed by atoms with Gasteiger partial charge in [-0.15, -0.1) is 0 Å². The third-order valence-electron chi connectivity index (χ3n) is 0.980. The molecule has 1 rings (SSSR count). The van der Waals surface area contributed by atoms with E-state index in [9.17, 15) is 0 Å². The van der Waals surface area contributed by atoms with E-state index in [1.165, 1.54) is 12.4 Å². The fraction of sp³-hybridized carbons (Fsp3) is 0. The molecule has 0 aromatic carbocycles. The average molecular weight is 141 g/mol. The van der Waals surface area contributed by atoms with Crippen molar-refractivity contribution < 1.29 is 15.1 Å². The van der Waals surface area contributed by atoms with Gasteiger partial charge in [0.2, 0.25) is 0 Å². The summed E-state index contributed by atoms with van der Waals surface area (Å²) in [5.74, 6) is 0. The summed E-state index contributed by atoms with van der Waals surface area (Å²) >= 11 is 0. The van der Waals surface area contributed by atoms with E-state index >= 15 is 0 Å². The lowest BCUT2D eigenvalue weighted by molar-refractivity contribution is 0.248. The molecular formula is C4H6BN2O3-. The lowest BCUT2D eigenvalue weighted by Crippen LogP contribution is -2.50. The van der Waals surface area contributed by atoms with Crippen molar-refractivity contribution in [1.29, 1.82) is 0 Å². The molecule has 0 aliphatic carbocycles. The summed E-state index contributed by atoms with van der Waals surface area (Å²) in [5, 5.41) is 25.7. The molecule has 0 fully saturated rings. The van der Waals surface area contributed by atoms with Gasteiger partial charge in [0.15, 0.2) is 0 Å². The number of hydrogen-bond donors (Lipinski definition) is 3. The highest BCUT2D eigenvalue weighted by Crippen LogP contribution is 1.82. The van der Waals surface area contributed by atoms with Gasteiger partial charge in [0.05, 0.1) is 0 Å². The molecule has 0 saturated carbocycles. The summed E-state index contributed by atoms with van der Waals surface area (Å²) in [6, 6.07) is 0.